The first-order valence-corrected chi connectivity index (χ1v) is 3.90. The number of hydrogen-bond donors (Lipinski definition) is 0. The van der Waals surface area contributed by atoms with E-state index >= 15 is 0 Å². The van der Waals surface area contributed by atoms with Crippen LogP contribution in [0.25, 0.3) is 0 Å². The molecule has 0 aromatic carbocycles. The number of aldehydes is 1. The Hall–Kier alpha value is -1.03. The molecule has 4 heteroatoms. The van der Waals surface area contributed by atoms with Crippen molar-refractivity contribution >= 4 is 23.4 Å². The number of carbonyl (C=O) groups is 2. The SMILES string of the molecule is Cc1nc(C(=O)C=O)c(C)s1. The molecule has 0 amide bonds. The molecule has 0 N–H and O–H groups in total. The van der Waals surface area contributed by atoms with Gasteiger partial charge >= 0.3 is 0 Å². The summed E-state index contributed by atoms with van der Waals surface area (Å²) in [4.78, 5) is 25.6. The summed E-state index contributed by atoms with van der Waals surface area (Å²) in [6.07, 6.45) is 0.293. The van der Waals surface area contributed by atoms with Crippen molar-refractivity contribution in [3.63, 3.8) is 0 Å². The largest absolute Gasteiger partial charge is 0.294 e. The third-order valence-corrected chi connectivity index (χ3v) is 2.13. The molecular weight excluding hydrogens is 162 g/mol. The molecule has 1 aromatic heterocycles. The minimum absolute atomic E-state index is 0.293. The number of hydrogen-bond acceptors (Lipinski definition) is 4. The quantitative estimate of drug-likeness (QED) is 0.379. The smallest absolute Gasteiger partial charge is 0.244 e. The topological polar surface area (TPSA) is 47.0 Å². The minimum atomic E-state index is -0.535. The molecular formula is C7H7NO2S. The van der Waals surface area contributed by atoms with Crippen LogP contribution in [0.4, 0.5) is 0 Å². The molecule has 1 rings (SSSR count). The van der Waals surface area contributed by atoms with Crippen LogP contribution in [0.2, 0.25) is 0 Å². The van der Waals surface area contributed by atoms with E-state index < -0.39 is 5.78 Å². The molecule has 0 bridgehead atoms. The number of nitrogens with zero attached hydrogens (tertiary/aromatic N) is 1. The van der Waals surface area contributed by atoms with Crippen molar-refractivity contribution in [3.8, 4) is 0 Å². The van der Waals surface area contributed by atoms with Crippen LogP contribution in [0.1, 0.15) is 20.4 Å². The van der Waals surface area contributed by atoms with E-state index in [4.69, 9.17) is 0 Å². The molecule has 3 nitrogen and oxygen atoms in total. The Kier molecular flexibility index (Phi) is 2.14. The van der Waals surface area contributed by atoms with Crippen molar-refractivity contribution in [1.29, 1.82) is 0 Å². The lowest BCUT2D eigenvalue weighted by atomic mass is 10.3. The number of ketones is 1. The fourth-order valence-electron chi connectivity index (χ4n) is 0.813. The van der Waals surface area contributed by atoms with Crippen LogP contribution in [0.3, 0.4) is 0 Å². The lowest BCUT2D eigenvalue weighted by Crippen LogP contribution is -2.01. The summed E-state index contributed by atoms with van der Waals surface area (Å²) in [5.41, 5.74) is 0.294. The van der Waals surface area contributed by atoms with E-state index in [2.05, 4.69) is 4.98 Å². The van der Waals surface area contributed by atoms with Crippen molar-refractivity contribution in [2.45, 2.75) is 13.8 Å². The number of carbonyl (C=O) groups excluding carboxylic acids is 2. The van der Waals surface area contributed by atoms with Crippen molar-refractivity contribution in [2.24, 2.45) is 0 Å². The Morgan fingerprint density at radius 1 is 1.55 bits per heavy atom. The highest BCUT2D eigenvalue weighted by molar-refractivity contribution is 7.11. The molecule has 1 aromatic rings. The van der Waals surface area contributed by atoms with Crippen molar-refractivity contribution in [1.82, 2.24) is 4.98 Å². The molecule has 58 valence electrons. The third kappa shape index (κ3) is 1.51. The summed E-state index contributed by atoms with van der Waals surface area (Å²) >= 11 is 1.42. The highest BCUT2D eigenvalue weighted by Crippen LogP contribution is 2.15. The first kappa shape index (κ1) is 8.07. The number of thiazole rings is 1. The molecule has 0 aliphatic carbocycles. The first-order chi connectivity index (χ1) is 5.15. The molecule has 0 aliphatic heterocycles. The zero-order valence-corrected chi connectivity index (χ0v) is 7.07. The van der Waals surface area contributed by atoms with Gasteiger partial charge in [0.2, 0.25) is 5.78 Å². The van der Waals surface area contributed by atoms with E-state index in [0.717, 1.165) is 9.88 Å². The average molecular weight is 169 g/mol. The molecule has 0 saturated heterocycles. The van der Waals surface area contributed by atoms with Crippen LogP contribution in [0.5, 0.6) is 0 Å². The molecule has 0 atom stereocenters. The van der Waals surface area contributed by atoms with E-state index in [1.54, 1.807) is 13.8 Å². The van der Waals surface area contributed by atoms with Crippen LogP contribution in [-0.4, -0.2) is 17.1 Å². The second-order valence-electron chi connectivity index (χ2n) is 2.12. The Bertz CT molecular complexity index is 303. The highest BCUT2D eigenvalue weighted by Gasteiger charge is 2.11. The zero-order chi connectivity index (χ0) is 8.43. The van der Waals surface area contributed by atoms with Crippen LogP contribution in [-0.2, 0) is 4.79 Å². The summed E-state index contributed by atoms with van der Waals surface area (Å²) in [5.74, 6) is -0.535. The summed E-state index contributed by atoms with van der Waals surface area (Å²) in [5, 5.41) is 0.813. The van der Waals surface area contributed by atoms with Gasteiger partial charge in [-0.3, -0.25) is 9.59 Å². The normalized spacial score (nSPS) is 9.64. The maximum Gasteiger partial charge on any atom is 0.244 e. The third-order valence-electron chi connectivity index (χ3n) is 1.24. The lowest BCUT2D eigenvalue weighted by Gasteiger charge is -1.85. The average Bonchev–Trinajstić information content (AvgIpc) is 2.28. The number of aryl methyl sites for hydroxylation is 2. The van der Waals surface area contributed by atoms with E-state index in [0.29, 0.717) is 12.0 Å². The van der Waals surface area contributed by atoms with Gasteiger partial charge in [0.25, 0.3) is 0 Å². The molecule has 0 saturated carbocycles. The number of aromatic nitrogens is 1. The monoisotopic (exact) mass is 169 g/mol. The lowest BCUT2D eigenvalue weighted by molar-refractivity contribution is -0.104. The van der Waals surface area contributed by atoms with Crippen molar-refractivity contribution < 1.29 is 9.59 Å². The standard InChI is InChI=1S/C7H7NO2S/c1-4-7(6(10)3-9)8-5(2)11-4/h3H,1-2H3. The van der Waals surface area contributed by atoms with Crippen molar-refractivity contribution in [3.05, 3.63) is 15.6 Å². The van der Waals surface area contributed by atoms with Crippen LogP contribution in [0, 0.1) is 13.8 Å². The van der Waals surface area contributed by atoms with Gasteiger partial charge in [-0.15, -0.1) is 11.3 Å². The van der Waals surface area contributed by atoms with Gasteiger partial charge in [0.05, 0.1) is 5.01 Å². The Labute approximate surface area is 68.1 Å². The Balaban J connectivity index is 3.12. The van der Waals surface area contributed by atoms with Crippen molar-refractivity contribution in [2.75, 3.05) is 0 Å². The summed E-state index contributed by atoms with van der Waals surface area (Å²) in [6, 6.07) is 0. The molecule has 0 aliphatic rings. The zero-order valence-electron chi connectivity index (χ0n) is 6.25. The van der Waals surface area contributed by atoms with E-state index in [1.807, 2.05) is 0 Å². The van der Waals surface area contributed by atoms with Gasteiger partial charge in [-0.05, 0) is 13.8 Å². The van der Waals surface area contributed by atoms with Gasteiger partial charge in [0.1, 0.15) is 5.69 Å². The molecule has 11 heavy (non-hydrogen) atoms. The van der Waals surface area contributed by atoms with Crippen LogP contribution in [0.15, 0.2) is 0 Å². The molecule has 0 radical (unpaired) electrons. The van der Waals surface area contributed by atoms with E-state index in [1.165, 1.54) is 11.3 Å². The van der Waals surface area contributed by atoms with Crippen LogP contribution >= 0.6 is 11.3 Å². The second kappa shape index (κ2) is 2.92. The maximum absolute atomic E-state index is 10.8. The molecule has 0 fully saturated rings. The van der Waals surface area contributed by atoms with E-state index in [-0.39, 0.29) is 0 Å². The minimum Gasteiger partial charge on any atom is -0.294 e. The fraction of sp³-hybridized carbons (Fsp3) is 0.286. The summed E-state index contributed by atoms with van der Waals surface area (Å²) < 4.78 is 0. The van der Waals surface area contributed by atoms with Crippen LogP contribution < -0.4 is 0 Å². The Morgan fingerprint density at radius 2 is 2.18 bits per heavy atom. The summed E-state index contributed by atoms with van der Waals surface area (Å²) in [6.45, 7) is 3.58. The molecule has 0 spiro atoms. The first-order valence-electron chi connectivity index (χ1n) is 3.08. The fourth-order valence-corrected chi connectivity index (χ4v) is 1.64. The number of rotatable bonds is 2. The van der Waals surface area contributed by atoms with Gasteiger partial charge in [0, 0.05) is 4.88 Å². The molecule has 1 heterocycles. The Morgan fingerprint density at radius 3 is 2.55 bits per heavy atom. The maximum atomic E-state index is 10.8. The summed E-state index contributed by atoms with van der Waals surface area (Å²) in [7, 11) is 0. The molecule has 0 unspecified atom stereocenters. The van der Waals surface area contributed by atoms with Gasteiger partial charge in [-0.25, -0.2) is 4.98 Å². The van der Waals surface area contributed by atoms with Gasteiger partial charge < -0.3 is 0 Å². The predicted octanol–water partition coefficient (Wildman–Crippen LogP) is 1.14. The second-order valence-corrected chi connectivity index (χ2v) is 3.53. The van der Waals surface area contributed by atoms with Gasteiger partial charge in [0.15, 0.2) is 6.29 Å². The van der Waals surface area contributed by atoms with Gasteiger partial charge in [-0.2, -0.15) is 0 Å². The van der Waals surface area contributed by atoms with Gasteiger partial charge in [-0.1, -0.05) is 0 Å². The number of Topliss-reactive ketones (excluding diaryl/α,β-unsaturated/α-hetero) is 1. The predicted molar refractivity (Wildman–Crippen MR) is 42.0 cm³/mol. The highest BCUT2D eigenvalue weighted by atomic mass is 32.1. The van der Waals surface area contributed by atoms with E-state index in [9.17, 15) is 9.59 Å².